The number of amides is 1. The quantitative estimate of drug-likeness (QED) is 0.562. The number of carbonyl (C=O) groups is 2. The van der Waals surface area contributed by atoms with E-state index in [1.165, 1.54) is 12.5 Å². The standard InChI is InChI=1S/C22H22ClN3O4/c1-13(2)15-8-10-16(11-9-15)20-25-19(30-26-20)12-29-22(28)14(3)24-21(27)17-6-4-5-7-18(17)23/h4-11,13-14H,12H2,1-3H3,(H,24,27). The lowest BCUT2D eigenvalue weighted by Crippen LogP contribution is -2.39. The van der Waals surface area contributed by atoms with Gasteiger partial charge in [-0.25, -0.2) is 4.79 Å². The molecule has 156 valence electrons. The molecule has 1 aromatic heterocycles. The van der Waals surface area contributed by atoms with Crippen molar-refractivity contribution in [3.63, 3.8) is 0 Å². The maximum absolute atomic E-state index is 12.2. The average Bonchev–Trinajstić information content (AvgIpc) is 3.21. The lowest BCUT2D eigenvalue weighted by molar-refractivity contribution is -0.147. The minimum Gasteiger partial charge on any atom is -0.454 e. The molecule has 8 heteroatoms. The Morgan fingerprint density at radius 3 is 2.47 bits per heavy atom. The van der Waals surface area contributed by atoms with Gasteiger partial charge in [-0.2, -0.15) is 4.98 Å². The van der Waals surface area contributed by atoms with Crippen molar-refractivity contribution in [2.75, 3.05) is 0 Å². The largest absolute Gasteiger partial charge is 0.454 e. The van der Waals surface area contributed by atoms with Gasteiger partial charge in [0.1, 0.15) is 6.04 Å². The van der Waals surface area contributed by atoms with Crippen LogP contribution in [0.15, 0.2) is 53.1 Å². The Labute approximate surface area is 179 Å². The van der Waals surface area contributed by atoms with E-state index in [9.17, 15) is 9.59 Å². The van der Waals surface area contributed by atoms with Crippen LogP contribution in [0.3, 0.4) is 0 Å². The number of carbonyl (C=O) groups excluding carboxylic acids is 2. The maximum Gasteiger partial charge on any atom is 0.328 e. The Kier molecular flexibility index (Phi) is 6.84. The molecule has 0 radical (unpaired) electrons. The van der Waals surface area contributed by atoms with Gasteiger partial charge in [0.25, 0.3) is 11.8 Å². The topological polar surface area (TPSA) is 94.3 Å². The van der Waals surface area contributed by atoms with Crippen molar-refractivity contribution >= 4 is 23.5 Å². The molecule has 0 fully saturated rings. The van der Waals surface area contributed by atoms with Crippen LogP contribution in [0.25, 0.3) is 11.4 Å². The molecule has 0 bridgehead atoms. The molecule has 0 saturated heterocycles. The lowest BCUT2D eigenvalue weighted by Gasteiger charge is -2.13. The molecule has 3 aromatic rings. The zero-order valence-corrected chi connectivity index (χ0v) is 17.6. The molecule has 3 rings (SSSR count). The first-order chi connectivity index (χ1) is 14.3. The van der Waals surface area contributed by atoms with Crippen LogP contribution >= 0.6 is 11.6 Å². The monoisotopic (exact) mass is 427 g/mol. The van der Waals surface area contributed by atoms with Crippen molar-refractivity contribution in [3.05, 3.63) is 70.6 Å². The summed E-state index contributed by atoms with van der Waals surface area (Å²) in [6, 6.07) is 13.6. The van der Waals surface area contributed by atoms with Crippen LogP contribution in [-0.4, -0.2) is 28.1 Å². The summed E-state index contributed by atoms with van der Waals surface area (Å²) >= 11 is 6.00. The third-order valence-corrected chi connectivity index (χ3v) is 4.79. The third-order valence-electron chi connectivity index (χ3n) is 4.46. The van der Waals surface area contributed by atoms with E-state index in [-0.39, 0.29) is 18.1 Å². The van der Waals surface area contributed by atoms with Crippen molar-refractivity contribution in [2.24, 2.45) is 0 Å². The molecule has 0 aliphatic carbocycles. The highest BCUT2D eigenvalue weighted by Gasteiger charge is 2.20. The summed E-state index contributed by atoms with van der Waals surface area (Å²) in [7, 11) is 0. The Balaban J connectivity index is 1.54. The SMILES string of the molecule is CC(NC(=O)c1ccccc1Cl)C(=O)OCc1nc(-c2ccc(C(C)C)cc2)no1. The molecule has 1 unspecified atom stereocenters. The highest BCUT2D eigenvalue weighted by molar-refractivity contribution is 6.33. The molecule has 1 amide bonds. The molecule has 0 aliphatic rings. The summed E-state index contributed by atoms with van der Waals surface area (Å²) < 4.78 is 10.3. The van der Waals surface area contributed by atoms with Gasteiger partial charge in [0.05, 0.1) is 10.6 Å². The van der Waals surface area contributed by atoms with Crippen LogP contribution in [0.5, 0.6) is 0 Å². The predicted octanol–water partition coefficient (Wildman–Crippen LogP) is 4.38. The Hall–Kier alpha value is -3.19. The summed E-state index contributed by atoms with van der Waals surface area (Å²) in [5.74, 6) is -0.0848. The summed E-state index contributed by atoms with van der Waals surface area (Å²) in [5, 5.41) is 6.77. The van der Waals surface area contributed by atoms with Crippen molar-refractivity contribution in [1.82, 2.24) is 15.5 Å². The summed E-state index contributed by atoms with van der Waals surface area (Å²) in [4.78, 5) is 28.7. The van der Waals surface area contributed by atoms with E-state index in [2.05, 4.69) is 29.3 Å². The second-order valence-electron chi connectivity index (χ2n) is 7.07. The first-order valence-electron chi connectivity index (χ1n) is 9.50. The first-order valence-corrected chi connectivity index (χ1v) is 9.88. The Morgan fingerprint density at radius 1 is 1.10 bits per heavy atom. The zero-order chi connectivity index (χ0) is 21.7. The van der Waals surface area contributed by atoms with Gasteiger partial charge in [0.2, 0.25) is 5.82 Å². The molecular formula is C22H22ClN3O4. The van der Waals surface area contributed by atoms with Crippen molar-refractivity contribution in [2.45, 2.75) is 39.3 Å². The molecule has 1 atom stereocenters. The zero-order valence-electron chi connectivity index (χ0n) is 16.9. The molecule has 0 spiro atoms. The molecule has 1 N–H and O–H groups in total. The molecular weight excluding hydrogens is 406 g/mol. The first kappa shape index (κ1) is 21.5. The second kappa shape index (κ2) is 9.54. The smallest absolute Gasteiger partial charge is 0.328 e. The van der Waals surface area contributed by atoms with E-state index < -0.39 is 17.9 Å². The van der Waals surface area contributed by atoms with E-state index in [0.29, 0.717) is 16.8 Å². The van der Waals surface area contributed by atoms with Crippen molar-refractivity contribution < 1.29 is 18.8 Å². The number of nitrogens with zero attached hydrogens (tertiary/aromatic N) is 2. The number of hydrogen-bond donors (Lipinski definition) is 1. The molecule has 2 aromatic carbocycles. The van der Waals surface area contributed by atoms with Crippen LogP contribution in [0, 0.1) is 0 Å². The van der Waals surface area contributed by atoms with Gasteiger partial charge in [0.15, 0.2) is 6.61 Å². The van der Waals surface area contributed by atoms with Gasteiger partial charge in [-0.05, 0) is 30.5 Å². The number of rotatable bonds is 7. The van der Waals surface area contributed by atoms with Gasteiger partial charge in [-0.15, -0.1) is 0 Å². The minimum atomic E-state index is -0.875. The van der Waals surface area contributed by atoms with Gasteiger partial charge in [-0.3, -0.25) is 4.79 Å². The maximum atomic E-state index is 12.2. The highest BCUT2D eigenvalue weighted by atomic mass is 35.5. The second-order valence-corrected chi connectivity index (χ2v) is 7.48. The van der Waals surface area contributed by atoms with Crippen LogP contribution < -0.4 is 5.32 Å². The Morgan fingerprint density at radius 2 is 1.80 bits per heavy atom. The van der Waals surface area contributed by atoms with E-state index in [0.717, 1.165) is 5.56 Å². The molecule has 1 heterocycles. The molecule has 0 aliphatic heterocycles. The van der Waals surface area contributed by atoms with Crippen LogP contribution in [0.4, 0.5) is 0 Å². The number of benzene rings is 2. The van der Waals surface area contributed by atoms with Gasteiger partial charge in [-0.1, -0.05) is 67.0 Å². The number of halogens is 1. The molecule has 0 saturated carbocycles. The fourth-order valence-electron chi connectivity index (χ4n) is 2.68. The lowest BCUT2D eigenvalue weighted by atomic mass is 10.0. The van der Waals surface area contributed by atoms with Gasteiger partial charge in [0, 0.05) is 5.56 Å². The highest BCUT2D eigenvalue weighted by Crippen LogP contribution is 2.20. The summed E-state index contributed by atoms with van der Waals surface area (Å²) in [6.45, 7) is 5.57. The van der Waals surface area contributed by atoms with Crippen LogP contribution in [-0.2, 0) is 16.1 Å². The van der Waals surface area contributed by atoms with Gasteiger partial charge < -0.3 is 14.6 Å². The fraction of sp³-hybridized carbons (Fsp3) is 0.273. The minimum absolute atomic E-state index is 0.163. The van der Waals surface area contributed by atoms with Crippen LogP contribution in [0.2, 0.25) is 5.02 Å². The predicted molar refractivity (Wildman–Crippen MR) is 112 cm³/mol. The Bertz CT molecular complexity index is 1030. The number of hydrogen-bond acceptors (Lipinski definition) is 6. The summed E-state index contributed by atoms with van der Waals surface area (Å²) in [6.07, 6.45) is 0. The van der Waals surface area contributed by atoms with Crippen molar-refractivity contribution in [3.8, 4) is 11.4 Å². The number of nitrogens with one attached hydrogen (secondary N) is 1. The van der Waals surface area contributed by atoms with E-state index in [1.807, 2.05) is 24.3 Å². The number of aromatic nitrogens is 2. The molecule has 30 heavy (non-hydrogen) atoms. The average molecular weight is 428 g/mol. The number of ether oxygens (including phenoxy) is 1. The van der Waals surface area contributed by atoms with Gasteiger partial charge >= 0.3 is 5.97 Å². The fourth-order valence-corrected chi connectivity index (χ4v) is 2.91. The third kappa shape index (κ3) is 5.24. The van der Waals surface area contributed by atoms with Crippen LogP contribution in [0.1, 0.15) is 48.5 Å². The van der Waals surface area contributed by atoms with Crippen molar-refractivity contribution in [1.29, 1.82) is 0 Å². The summed E-state index contributed by atoms with van der Waals surface area (Å²) in [5.41, 5.74) is 2.30. The van der Waals surface area contributed by atoms with E-state index in [4.69, 9.17) is 20.9 Å². The van der Waals surface area contributed by atoms with E-state index >= 15 is 0 Å². The number of esters is 1. The van der Waals surface area contributed by atoms with E-state index in [1.54, 1.807) is 24.3 Å². The molecule has 7 nitrogen and oxygen atoms in total. The normalized spacial score (nSPS) is 11.9.